The lowest BCUT2D eigenvalue weighted by Gasteiger charge is -2.09. The molecule has 2 heteroatoms. The van der Waals surface area contributed by atoms with Gasteiger partial charge in [0.05, 0.1) is 0 Å². The van der Waals surface area contributed by atoms with Crippen molar-refractivity contribution in [3.05, 3.63) is 77.9 Å². The zero-order valence-corrected chi connectivity index (χ0v) is 12.0. The summed E-state index contributed by atoms with van der Waals surface area (Å²) in [5, 5.41) is 5.18. The third-order valence-corrected chi connectivity index (χ3v) is 3.66. The predicted molar refractivity (Wildman–Crippen MR) is 87.7 cm³/mol. The van der Waals surface area contributed by atoms with Crippen LogP contribution in [-0.2, 0) is 6.42 Å². The van der Waals surface area contributed by atoms with Crippen LogP contribution in [0.15, 0.2) is 66.7 Å². The Bertz CT molecular complexity index is 770. The SMILES string of the molecule is CCc1ccc(C(=O)Nc2cccc3ccccc23)cc1. The second-order valence-corrected chi connectivity index (χ2v) is 5.03. The molecule has 0 bridgehead atoms. The average Bonchev–Trinajstić information content (AvgIpc) is 2.55. The third-order valence-electron chi connectivity index (χ3n) is 3.66. The van der Waals surface area contributed by atoms with Crippen LogP contribution in [0.5, 0.6) is 0 Å². The quantitative estimate of drug-likeness (QED) is 0.740. The van der Waals surface area contributed by atoms with Gasteiger partial charge in [-0.25, -0.2) is 0 Å². The van der Waals surface area contributed by atoms with Crippen molar-refractivity contribution < 1.29 is 4.79 Å². The highest BCUT2D eigenvalue weighted by molar-refractivity contribution is 6.09. The maximum Gasteiger partial charge on any atom is 0.255 e. The molecule has 104 valence electrons. The molecule has 0 spiro atoms. The van der Waals surface area contributed by atoms with Gasteiger partial charge in [0.25, 0.3) is 5.91 Å². The Morgan fingerprint density at radius 1 is 0.905 bits per heavy atom. The number of amides is 1. The normalized spacial score (nSPS) is 10.5. The molecule has 0 saturated heterocycles. The van der Waals surface area contributed by atoms with Gasteiger partial charge in [-0.3, -0.25) is 4.79 Å². The van der Waals surface area contributed by atoms with Crippen molar-refractivity contribution in [2.24, 2.45) is 0 Å². The molecule has 2 nitrogen and oxygen atoms in total. The number of hydrogen-bond donors (Lipinski definition) is 1. The minimum atomic E-state index is -0.0750. The number of anilines is 1. The molecule has 0 radical (unpaired) electrons. The molecular weight excluding hydrogens is 258 g/mol. The van der Waals surface area contributed by atoms with Crippen molar-refractivity contribution in [1.29, 1.82) is 0 Å². The van der Waals surface area contributed by atoms with E-state index in [1.165, 1.54) is 5.56 Å². The number of carbonyl (C=O) groups is 1. The van der Waals surface area contributed by atoms with Gasteiger partial charge in [0.2, 0.25) is 0 Å². The summed E-state index contributed by atoms with van der Waals surface area (Å²) in [6.07, 6.45) is 0.977. The highest BCUT2D eigenvalue weighted by Crippen LogP contribution is 2.23. The smallest absolute Gasteiger partial charge is 0.255 e. The Labute approximate surface area is 124 Å². The summed E-state index contributed by atoms with van der Waals surface area (Å²) in [5.74, 6) is -0.0750. The first-order chi connectivity index (χ1) is 10.3. The van der Waals surface area contributed by atoms with E-state index in [2.05, 4.69) is 12.2 Å². The summed E-state index contributed by atoms with van der Waals surface area (Å²) < 4.78 is 0. The lowest BCUT2D eigenvalue weighted by Crippen LogP contribution is -2.12. The summed E-state index contributed by atoms with van der Waals surface area (Å²) in [4.78, 5) is 12.3. The third kappa shape index (κ3) is 2.79. The van der Waals surface area contributed by atoms with Crippen LogP contribution < -0.4 is 5.32 Å². The van der Waals surface area contributed by atoms with E-state index in [1.54, 1.807) is 0 Å². The molecule has 0 atom stereocenters. The topological polar surface area (TPSA) is 29.1 Å². The van der Waals surface area contributed by atoms with Gasteiger partial charge in [-0.05, 0) is 35.6 Å². The van der Waals surface area contributed by atoms with Crippen molar-refractivity contribution in [2.45, 2.75) is 13.3 Å². The number of fused-ring (bicyclic) bond motifs is 1. The molecule has 3 aromatic rings. The zero-order valence-electron chi connectivity index (χ0n) is 12.0. The number of aryl methyl sites for hydroxylation is 1. The van der Waals surface area contributed by atoms with Gasteiger partial charge in [-0.2, -0.15) is 0 Å². The van der Waals surface area contributed by atoms with Crippen molar-refractivity contribution in [2.75, 3.05) is 5.32 Å². The van der Waals surface area contributed by atoms with Gasteiger partial charge in [-0.1, -0.05) is 55.5 Å². The van der Waals surface area contributed by atoms with E-state index in [0.29, 0.717) is 5.56 Å². The van der Waals surface area contributed by atoms with E-state index in [-0.39, 0.29) is 5.91 Å². The van der Waals surface area contributed by atoms with E-state index >= 15 is 0 Å². The molecule has 1 N–H and O–H groups in total. The first kappa shape index (κ1) is 13.4. The van der Waals surface area contributed by atoms with Crippen LogP contribution in [0.1, 0.15) is 22.8 Å². The van der Waals surface area contributed by atoms with E-state index < -0.39 is 0 Å². The van der Waals surface area contributed by atoms with Gasteiger partial charge in [-0.15, -0.1) is 0 Å². The fraction of sp³-hybridized carbons (Fsp3) is 0.105. The molecule has 21 heavy (non-hydrogen) atoms. The molecule has 0 heterocycles. The van der Waals surface area contributed by atoms with Crippen LogP contribution in [0.2, 0.25) is 0 Å². The van der Waals surface area contributed by atoms with Crippen LogP contribution in [0.4, 0.5) is 5.69 Å². The number of nitrogens with one attached hydrogen (secondary N) is 1. The number of hydrogen-bond acceptors (Lipinski definition) is 1. The second kappa shape index (κ2) is 5.80. The van der Waals surface area contributed by atoms with Gasteiger partial charge in [0, 0.05) is 16.6 Å². The Morgan fingerprint density at radius 3 is 2.38 bits per heavy atom. The highest BCUT2D eigenvalue weighted by Gasteiger charge is 2.07. The largest absolute Gasteiger partial charge is 0.321 e. The van der Waals surface area contributed by atoms with E-state index in [0.717, 1.165) is 22.9 Å². The van der Waals surface area contributed by atoms with E-state index in [9.17, 15) is 4.79 Å². The van der Waals surface area contributed by atoms with E-state index in [4.69, 9.17) is 0 Å². The summed E-state index contributed by atoms with van der Waals surface area (Å²) in [6.45, 7) is 2.10. The molecule has 0 unspecified atom stereocenters. The molecule has 3 aromatic carbocycles. The van der Waals surface area contributed by atoms with Crippen LogP contribution in [0.3, 0.4) is 0 Å². The zero-order chi connectivity index (χ0) is 14.7. The minimum absolute atomic E-state index is 0.0750. The lowest BCUT2D eigenvalue weighted by atomic mass is 10.1. The fourth-order valence-corrected chi connectivity index (χ4v) is 2.42. The number of benzene rings is 3. The van der Waals surface area contributed by atoms with Crippen LogP contribution in [-0.4, -0.2) is 5.91 Å². The molecular formula is C19H17NO. The Morgan fingerprint density at radius 2 is 1.62 bits per heavy atom. The first-order valence-electron chi connectivity index (χ1n) is 7.16. The maximum absolute atomic E-state index is 12.3. The molecule has 3 rings (SSSR count). The highest BCUT2D eigenvalue weighted by atomic mass is 16.1. The summed E-state index contributed by atoms with van der Waals surface area (Å²) in [6, 6.07) is 21.7. The first-order valence-corrected chi connectivity index (χ1v) is 7.16. The standard InChI is InChI=1S/C19H17NO/c1-2-14-10-12-16(13-11-14)19(21)20-18-9-5-7-15-6-3-4-8-17(15)18/h3-13H,2H2,1H3,(H,20,21). The van der Waals surface area contributed by atoms with E-state index in [1.807, 2.05) is 66.7 Å². The van der Waals surface area contributed by atoms with Crippen LogP contribution >= 0.6 is 0 Å². The molecule has 0 aliphatic carbocycles. The number of carbonyl (C=O) groups excluding carboxylic acids is 1. The summed E-state index contributed by atoms with van der Waals surface area (Å²) in [7, 11) is 0. The van der Waals surface area contributed by atoms with Gasteiger partial charge >= 0.3 is 0 Å². The second-order valence-electron chi connectivity index (χ2n) is 5.03. The monoisotopic (exact) mass is 275 g/mol. The molecule has 0 aliphatic rings. The maximum atomic E-state index is 12.3. The Balaban J connectivity index is 1.89. The Kier molecular flexibility index (Phi) is 3.69. The van der Waals surface area contributed by atoms with Gasteiger partial charge in [0.15, 0.2) is 0 Å². The van der Waals surface area contributed by atoms with Gasteiger partial charge in [0.1, 0.15) is 0 Å². The summed E-state index contributed by atoms with van der Waals surface area (Å²) >= 11 is 0. The van der Waals surface area contributed by atoms with Crippen molar-refractivity contribution >= 4 is 22.4 Å². The molecule has 0 saturated carbocycles. The predicted octanol–water partition coefficient (Wildman–Crippen LogP) is 4.65. The Hall–Kier alpha value is -2.61. The molecule has 0 aromatic heterocycles. The van der Waals surface area contributed by atoms with Crippen molar-refractivity contribution in [3.63, 3.8) is 0 Å². The van der Waals surface area contributed by atoms with Crippen molar-refractivity contribution in [1.82, 2.24) is 0 Å². The van der Waals surface area contributed by atoms with Gasteiger partial charge < -0.3 is 5.32 Å². The molecule has 0 aliphatic heterocycles. The van der Waals surface area contributed by atoms with Crippen LogP contribution in [0, 0.1) is 0 Å². The van der Waals surface area contributed by atoms with Crippen molar-refractivity contribution in [3.8, 4) is 0 Å². The molecule has 0 fully saturated rings. The van der Waals surface area contributed by atoms with Crippen LogP contribution in [0.25, 0.3) is 10.8 Å². The number of rotatable bonds is 3. The summed E-state index contributed by atoms with van der Waals surface area (Å²) in [5.41, 5.74) is 2.76. The minimum Gasteiger partial charge on any atom is -0.321 e. The average molecular weight is 275 g/mol. The lowest BCUT2D eigenvalue weighted by molar-refractivity contribution is 0.102. The fourth-order valence-electron chi connectivity index (χ4n) is 2.42. The molecule has 1 amide bonds.